The monoisotopic (exact) mass is 430 g/mol. The van der Waals surface area contributed by atoms with Crippen molar-refractivity contribution in [3.8, 4) is 0 Å². The average Bonchev–Trinajstić information content (AvgIpc) is 3.33. The molecule has 9 heteroatoms. The Morgan fingerprint density at radius 1 is 1.57 bits per heavy atom. The van der Waals surface area contributed by atoms with Crippen LogP contribution in [0.1, 0.15) is 26.2 Å². The van der Waals surface area contributed by atoms with Gasteiger partial charge in [-0.3, -0.25) is 15.4 Å². The van der Waals surface area contributed by atoms with Crippen molar-refractivity contribution in [3.63, 3.8) is 0 Å². The number of likely N-dealkylation sites (tertiary alicyclic amines) is 2. The number of thioether (sulfide) groups is 1. The van der Waals surface area contributed by atoms with Crippen molar-refractivity contribution in [1.82, 2.24) is 20.4 Å². The predicted molar refractivity (Wildman–Crippen MR) is 112 cm³/mol. The quantitative estimate of drug-likeness (QED) is 0.354. The summed E-state index contributed by atoms with van der Waals surface area (Å²) in [6.07, 6.45) is 5.21. The maximum atomic E-state index is 11.9. The third-order valence-electron chi connectivity index (χ3n) is 6.03. The molecule has 7 nitrogen and oxygen atoms in total. The summed E-state index contributed by atoms with van der Waals surface area (Å²) in [6.45, 7) is 8.34. The fourth-order valence-electron chi connectivity index (χ4n) is 4.71. The Hall–Kier alpha value is -0.770. The van der Waals surface area contributed by atoms with Gasteiger partial charge < -0.3 is 20.0 Å². The second-order valence-corrected chi connectivity index (χ2v) is 9.90. The highest BCUT2D eigenvalue weighted by molar-refractivity contribution is 8.01. The Morgan fingerprint density at radius 3 is 2.93 bits per heavy atom. The van der Waals surface area contributed by atoms with Crippen molar-refractivity contribution < 1.29 is 15.0 Å². The molecule has 4 N–H and O–H groups in total. The minimum absolute atomic E-state index is 0.0194. The van der Waals surface area contributed by atoms with Crippen molar-refractivity contribution in [2.45, 2.75) is 42.7 Å². The molecule has 5 atom stereocenters. The number of amides is 1. The molecule has 3 aliphatic rings. The maximum absolute atomic E-state index is 11.9. The van der Waals surface area contributed by atoms with Crippen LogP contribution in [0, 0.1) is 11.3 Å². The highest BCUT2D eigenvalue weighted by atomic mass is 35.5. The number of rotatable bonds is 7. The van der Waals surface area contributed by atoms with E-state index in [4.69, 9.17) is 11.6 Å². The van der Waals surface area contributed by atoms with Crippen LogP contribution in [0.15, 0.2) is 24.4 Å². The van der Waals surface area contributed by atoms with Gasteiger partial charge in [0.2, 0.25) is 5.91 Å². The number of nitrogens with zero attached hydrogens (tertiary/aromatic N) is 2. The number of carbonyl (C=O) groups is 1. The summed E-state index contributed by atoms with van der Waals surface area (Å²) < 4.78 is -0.0194. The van der Waals surface area contributed by atoms with E-state index in [1.54, 1.807) is 24.8 Å². The first-order valence-electron chi connectivity index (χ1n) is 9.83. The molecule has 3 rings (SSSR count). The second-order valence-electron chi connectivity index (χ2n) is 7.80. The largest absolute Gasteiger partial charge is 0.396 e. The lowest BCUT2D eigenvalue weighted by atomic mass is 9.74. The van der Waals surface area contributed by atoms with Gasteiger partial charge in [0.25, 0.3) is 0 Å². The topological polar surface area (TPSA) is 88.1 Å². The Kier molecular flexibility index (Phi) is 7.33. The van der Waals surface area contributed by atoms with Crippen molar-refractivity contribution in [2.24, 2.45) is 11.3 Å². The van der Waals surface area contributed by atoms with Gasteiger partial charge in [-0.1, -0.05) is 12.7 Å². The van der Waals surface area contributed by atoms with Gasteiger partial charge in [-0.2, -0.15) is 0 Å². The van der Waals surface area contributed by atoms with Crippen molar-refractivity contribution in [3.05, 3.63) is 24.4 Å². The third kappa shape index (κ3) is 4.52. The SMILES string of the molecule is C=C/C=C1\C(CCCO)C2(CCN(C(C)=O)C2)CN1C(O)NC1NCC(Cl)S1. The molecule has 1 amide bonds. The summed E-state index contributed by atoms with van der Waals surface area (Å²) in [5.41, 5.74) is 0.773. The third-order valence-corrected chi connectivity index (χ3v) is 7.53. The van der Waals surface area contributed by atoms with Crippen molar-refractivity contribution >= 4 is 29.3 Å². The molecule has 0 radical (unpaired) electrons. The minimum Gasteiger partial charge on any atom is -0.396 e. The minimum atomic E-state index is -0.874. The van der Waals surface area contributed by atoms with E-state index in [0.29, 0.717) is 26.1 Å². The summed E-state index contributed by atoms with van der Waals surface area (Å²) in [6, 6.07) is 0. The summed E-state index contributed by atoms with van der Waals surface area (Å²) >= 11 is 7.67. The Morgan fingerprint density at radius 2 is 2.36 bits per heavy atom. The molecule has 0 aliphatic carbocycles. The van der Waals surface area contributed by atoms with Crippen molar-refractivity contribution in [2.75, 3.05) is 32.8 Å². The van der Waals surface area contributed by atoms with E-state index < -0.39 is 6.35 Å². The lowest BCUT2D eigenvalue weighted by Gasteiger charge is -2.31. The molecule has 1 spiro atoms. The Bertz CT molecular complexity index is 622. The van der Waals surface area contributed by atoms with Crippen LogP contribution in [0.25, 0.3) is 0 Å². The fraction of sp³-hybridized carbons (Fsp3) is 0.737. The molecular formula is C19H31ClN4O3S. The van der Waals surface area contributed by atoms with E-state index in [1.807, 2.05) is 15.9 Å². The van der Waals surface area contributed by atoms with Crippen LogP contribution in [-0.4, -0.2) is 75.3 Å². The molecule has 3 heterocycles. The highest BCUT2D eigenvalue weighted by Gasteiger charge is 2.54. The molecule has 0 saturated carbocycles. The van der Waals surface area contributed by atoms with E-state index in [0.717, 1.165) is 25.1 Å². The standard InChI is InChI=1S/C19H31ClN4O3S/c1-3-5-15-14(6-4-9-25)19(7-8-23(11-19)13(2)26)12-24(15)18(27)22-17-21-10-16(20)28-17/h3,5,14,16-18,21-22,25,27H,1,4,6-12H2,2H3/b15-5+. The van der Waals surface area contributed by atoms with E-state index in [9.17, 15) is 15.0 Å². The highest BCUT2D eigenvalue weighted by Crippen LogP contribution is 2.51. The van der Waals surface area contributed by atoms with Crippen LogP contribution in [-0.2, 0) is 4.79 Å². The summed E-state index contributed by atoms with van der Waals surface area (Å²) in [4.78, 5) is 15.8. The number of nitrogens with one attached hydrogen (secondary N) is 2. The van der Waals surface area contributed by atoms with Gasteiger partial charge in [-0.25, -0.2) is 0 Å². The van der Waals surface area contributed by atoms with Gasteiger partial charge in [-0.15, -0.1) is 23.4 Å². The average molecular weight is 431 g/mol. The van der Waals surface area contributed by atoms with Crippen LogP contribution in [0.2, 0.25) is 0 Å². The molecule has 3 saturated heterocycles. The van der Waals surface area contributed by atoms with Gasteiger partial charge in [0.05, 0.1) is 4.71 Å². The number of aliphatic hydroxyl groups is 2. The molecule has 28 heavy (non-hydrogen) atoms. The van der Waals surface area contributed by atoms with Gasteiger partial charge in [-0.05, 0) is 25.3 Å². The smallest absolute Gasteiger partial charge is 0.219 e. The molecule has 5 unspecified atom stereocenters. The first-order valence-corrected chi connectivity index (χ1v) is 11.2. The van der Waals surface area contributed by atoms with Crippen molar-refractivity contribution in [1.29, 1.82) is 0 Å². The summed E-state index contributed by atoms with van der Waals surface area (Å²) in [5.74, 6) is 0.243. The first kappa shape index (κ1) is 21.9. The number of alkyl halides is 1. The number of aliphatic hydroxyl groups excluding tert-OH is 2. The normalized spacial score (nSPS) is 35.3. The number of allylic oxidation sites excluding steroid dienone is 3. The fourth-order valence-corrected chi connectivity index (χ4v) is 5.99. The van der Waals surface area contributed by atoms with E-state index in [1.165, 1.54) is 0 Å². The number of hydrogen-bond donors (Lipinski definition) is 4. The number of hydrogen-bond acceptors (Lipinski definition) is 7. The zero-order chi connectivity index (χ0) is 20.3. The van der Waals surface area contributed by atoms with E-state index in [2.05, 4.69) is 17.2 Å². The van der Waals surface area contributed by atoms with E-state index >= 15 is 0 Å². The number of carbonyl (C=O) groups excluding carboxylic acids is 1. The molecule has 0 bridgehead atoms. The molecular weight excluding hydrogens is 400 g/mol. The summed E-state index contributed by atoms with van der Waals surface area (Å²) in [7, 11) is 0. The predicted octanol–water partition coefficient (Wildman–Crippen LogP) is 1.05. The maximum Gasteiger partial charge on any atom is 0.219 e. The Labute approximate surface area is 176 Å². The molecule has 158 valence electrons. The van der Waals surface area contributed by atoms with Crippen LogP contribution in [0.3, 0.4) is 0 Å². The van der Waals surface area contributed by atoms with Gasteiger partial charge >= 0.3 is 0 Å². The molecule has 0 aromatic rings. The second kappa shape index (κ2) is 9.36. The first-order chi connectivity index (χ1) is 13.4. The Balaban J connectivity index is 1.82. The molecule has 0 aromatic carbocycles. The zero-order valence-electron chi connectivity index (χ0n) is 16.3. The van der Waals surface area contributed by atoms with Crippen LogP contribution in [0.4, 0.5) is 0 Å². The zero-order valence-corrected chi connectivity index (χ0v) is 17.9. The summed E-state index contributed by atoms with van der Waals surface area (Å²) in [5, 5.41) is 26.8. The van der Waals surface area contributed by atoms with Crippen LogP contribution in [0.5, 0.6) is 0 Å². The lowest BCUT2D eigenvalue weighted by Crippen LogP contribution is -2.51. The van der Waals surface area contributed by atoms with Gasteiger partial charge in [0, 0.05) is 56.7 Å². The van der Waals surface area contributed by atoms with Gasteiger partial charge in [0.15, 0.2) is 6.35 Å². The van der Waals surface area contributed by atoms with E-state index in [-0.39, 0.29) is 34.1 Å². The molecule has 3 aliphatic heterocycles. The number of halogens is 1. The molecule has 3 fully saturated rings. The molecule has 0 aromatic heterocycles. The van der Waals surface area contributed by atoms with Gasteiger partial charge in [0.1, 0.15) is 5.50 Å². The van der Waals surface area contributed by atoms with Crippen LogP contribution < -0.4 is 10.6 Å². The van der Waals surface area contributed by atoms with Crippen LogP contribution >= 0.6 is 23.4 Å². The lowest BCUT2D eigenvalue weighted by molar-refractivity contribution is -0.128.